The highest BCUT2D eigenvalue weighted by molar-refractivity contribution is 4.66. The van der Waals surface area contributed by atoms with E-state index in [0.29, 0.717) is 0 Å². The molecule has 0 aliphatic rings. The average molecular weight is 150 g/mol. The Hall–Kier alpha value is -0.160. The van der Waals surface area contributed by atoms with Gasteiger partial charge in [-0.1, -0.05) is 0 Å². The van der Waals surface area contributed by atoms with Crippen LogP contribution in [0.3, 0.4) is 0 Å². The molecule has 0 rings (SSSR count). The van der Waals surface area contributed by atoms with Crippen LogP contribution in [0.25, 0.3) is 0 Å². The second kappa shape index (κ2) is 4.62. The summed E-state index contributed by atoms with van der Waals surface area (Å²) in [7, 11) is 0. The molecule has 62 valence electrons. The molecular formula is C6H14O4. The van der Waals surface area contributed by atoms with Crippen molar-refractivity contribution in [2.75, 3.05) is 6.61 Å². The van der Waals surface area contributed by atoms with Gasteiger partial charge in [0.05, 0.1) is 24.9 Å². The zero-order chi connectivity index (χ0) is 8.15. The van der Waals surface area contributed by atoms with Gasteiger partial charge in [-0.15, -0.1) is 0 Å². The van der Waals surface area contributed by atoms with Crippen LogP contribution in [0, 0.1) is 0 Å². The van der Waals surface area contributed by atoms with Crippen LogP contribution in [0.2, 0.25) is 0 Å². The lowest BCUT2D eigenvalue weighted by molar-refractivity contribution is -0.0157. The third-order valence-electron chi connectivity index (χ3n) is 1.28. The zero-order valence-corrected chi connectivity index (χ0v) is 5.94. The number of aliphatic hydroxyl groups excluding tert-OH is 4. The Bertz CT molecular complexity index is 83.8. The molecule has 0 saturated carbocycles. The fourth-order valence-electron chi connectivity index (χ4n) is 0.550. The van der Waals surface area contributed by atoms with Crippen molar-refractivity contribution in [1.82, 2.24) is 0 Å². The number of aliphatic hydroxyl groups is 4. The number of rotatable bonds is 4. The first-order valence-corrected chi connectivity index (χ1v) is 3.23. The summed E-state index contributed by atoms with van der Waals surface area (Å²) < 4.78 is 0. The molecule has 0 aromatic rings. The molecule has 4 N–H and O–H groups in total. The third-order valence-corrected chi connectivity index (χ3v) is 1.28. The summed E-state index contributed by atoms with van der Waals surface area (Å²) in [4.78, 5) is 0. The van der Waals surface area contributed by atoms with E-state index >= 15 is 0 Å². The fraction of sp³-hybridized carbons (Fsp3) is 1.00. The first-order valence-electron chi connectivity index (χ1n) is 3.23. The van der Waals surface area contributed by atoms with Gasteiger partial charge in [-0.2, -0.15) is 0 Å². The largest absolute Gasteiger partial charge is 0.394 e. The van der Waals surface area contributed by atoms with Crippen LogP contribution in [0.5, 0.6) is 0 Å². The molecule has 0 radical (unpaired) electrons. The van der Waals surface area contributed by atoms with Crippen molar-refractivity contribution in [1.29, 1.82) is 0 Å². The first kappa shape index (κ1) is 9.84. The van der Waals surface area contributed by atoms with E-state index in [9.17, 15) is 0 Å². The van der Waals surface area contributed by atoms with Crippen LogP contribution >= 0.6 is 0 Å². The molecule has 0 saturated heterocycles. The van der Waals surface area contributed by atoms with Gasteiger partial charge in [0.25, 0.3) is 0 Å². The molecule has 0 heterocycles. The van der Waals surface area contributed by atoms with E-state index in [1.54, 1.807) is 0 Å². The summed E-state index contributed by atoms with van der Waals surface area (Å²) in [5.41, 5.74) is 0. The van der Waals surface area contributed by atoms with E-state index < -0.39 is 18.3 Å². The fourth-order valence-corrected chi connectivity index (χ4v) is 0.550. The van der Waals surface area contributed by atoms with Crippen molar-refractivity contribution in [3.8, 4) is 0 Å². The van der Waals surface area contributed by atoms with Gasteiger partial charge in [-0.25, -0.2) is 0 Å². The second-order valence-corrected chi connectivity index (χ2v) is 2.38. The van der Waals surface area contributed by atoms with E-state index in [2.05, 4.69) is 0 Å². The molecule has 0 aliphatic carbocycles. The molecule has 4 nitrogen and oxygen atoms in total. The van der Waals surface area contributed by atoms with E-state index in [4.69, 9.17) is 20.4 Å². The summed E-state index contributed by atoms with van der Waals surface area (Å²) in [6.07, 6.45) is -2.75. The van der Waals surface area contributed by atoms with Crippen LogP contribution in [0.15, 0.2) is 0 Å². The first-order chi connectivity index (χ1) is 4.57. The lowest BCUT2D eigenvalue weighted by Gasteiger charge is -2.15. The highest BCUT2D eigenvalue weighted by atomic mass is 16.3. The van der Waals surface area contributed by atoms with Gasteiger partial charge >= 0.3 is 0 Å². The van der Waals surface area contributed by atoms with Crippen molar-refractivity contribution >= 4 is 0 Å². The molecule has 0 fully saturated rings. The molecule has 1 unspecified atom stereocenters. The van der Waals surface area contributed by atoms with Gasteiger partial charge < -0.3 is 20.4 Å². The maximum atomic E-state index is 8.91. The van der Waals surface area contributed by atoms with Crippen LogP contribution in [-0.4, -0.2) is 45.3 Å². The summed E-state index contributed by atoms with van der Waals surface area (Å²) in [6.45, 7) is 1.04. The van der Waals surface area contributed by atoms with Gasteiger partial charge in [-0.3, -0.25) is 0 Å². The maximum absolute atomic E-state index is 8.91. The standard InChI is InChI=1S/C6H14O4/c1-4(8)6(10)2-5(9)3-7/h4-10H,2-3H2,1H3/t4?,5-,6-/m0/s1. The number of hydrogen-bond acceptors (Lipinski definition) is 4. The van der Waals surface area contributed by atoms with E-state index in [1.807, 2.05) is 0 Å². The van der Waals surface area contributed by atoms with Gasteiger partial charge in [0, 0.05) is 6.42 Å². The second-order valence-electron chi connectivity index (χ2n) is 2.38. The summed E-state index contributed by atoms with van der Waals surface area (Å²) in [6, 6.07) is 0. The third kappa shape index (κ3) is 3.79. The van der Waals surface area contributed by atoms with E-state index in [0.717, 1.165) is 0 Å². The van der Waals surface area contributed by atoms with E-state index in [-0.39, 0.29) is 13.0 Å². The van der Waals surface area contributed by atoms with Gasteiger partial charge in [0.2, 0.25) is 0 Å². The molecule has 4 heteroatoms. The quantitative estimate of drug-likeness (QED) is 0.392. The van der Waals surface area contributed by atoms with Crippen LogP contribution in [0.4, 0.5) is 0 Å². The predicted molar refractivity (Wildman–Crippen MR) is 35.4 cm³/mol. The zero-order valence-electron chi connectivity index (χ0n) is 5.94. The van der Waals surface area contributed by atoms with Gasteiger partial charge in [0.15, 0.2) is 0 Å². The van der Waals surface area contributed by atoms with E-state index in [1.165, 1.54) is 6.92 Å². The monoisotopic (exact) mass is 150 g/mol. The van der Waals surface area contributed by atoms with Crippen LogP contribution < -0.4 is 0 Å². The van der Waals surface area contributed by atoms with Gasteiger partial charge in [-0.05, 0) is 6.92 Å². The summed E-state index contributed by atoms with van der Waals surface area (Å²) >= 11 is 0. The Morgan fingerprint density at radius 1 is 1.20 bits per heavy atom. The van der Waals surface area contributed by atoms with Crippen molar-refractivity contribution in [2.45, 2.75) is 31.7 Å². The molecule has 0 aliphatic heterocycles. The van der Waals surface area contributed by atoms with Crippen LogP contribution in [0.1, 0.15) is 13.3 Å². The minimum Gasteiger partial charge on any atom is -0.394 e. The predicted octanol–water partition coefficient (Wildman–Crippen LogP) is -1.53. The molecule has 0 aromatic carbocycles. The Morgan fingerprint density at radius 3 is 2.00 bits per heavy atom. The average Bonchev–Trinajstić information content (AvgIpc) is 1.87. The molecule has 10 heavy (non-hydrogen) atoms. The van der Waals surface area contributed by atoms with Gasteiger partial charge in [0.1, 0.15) is 0 Å². The lowest BCUT2D eigenvalue weighted by Crippen LogP contribution is -2.29. The molecule has 0 spiro atoms. The maximum Gasteiger partial charge on any atom is 0.0821 e. The Morgan fingerprint density at radius 2 is 1.70 bits per heavy atom. The van der Waals surface area contributed by atoms with Crippen molar-refractivity contribution in [3.05, 3.63) is 0 Å². The smallest absolute Gasteiger partial charge is 0.0821 e. The Balaban J connectivity index is 3.46. The minimum atomic E-state index is -0.956. The summed E-state index contributed by atoms with van der Waals surface area (Å²) in [5.74, 6) is 0. The lowest BCUT2D eigenvalue weighted by atomic mass is 10.1. The molecule has 0 aromatic heterocycles. The Labute approximate surface area is 59.7 Å². The van der Waals surface area contributed by atoms with Crippen molar-refractivity contribution in [3.63, 3.8) is 0 Å². The topological polar surface area (TPSA) is 80.9 Å². The number of hydrogen-bond donors (Lipinski definition) is 4. The normalized spacial score (nSPS) is 20.1. The summed E-state index contributed by atoms with van der Waals surface area (Å²) in [5, 5.41) is 34.7. The molecule has 3 atom stereocenters. The highest BCUT2D eigenvalue weighted by Gasteiger charge is 2.14. The van der Waals surface area contributed by atoms with Crippen molar-refractivity contribution in [2.24, 2.45) is 0 Å². The highest BCUT2D eigenvalue weighted by Crippen LogP contribution is 2.01. The molecular weight excluding hydrogens is 136 g/mol. The molecule has 0 amide bonds. The van der Waals surface area contributed by atoms with Crippen LogP contribution in [-0.2, 0) is 0 Å². The van der Waals surface area contributed by atoms with Crippen molar-refractivity contribution < 1.29 is 20.4 Å². The SMILES string of the molecule is CC(O)[C@@H](O)C[C@H](O)CO. The molecule has 0 bridgehead atoms. The minimum absolute atomic E-state index is 0.00810. The Kier molecular flexibility index (Phi) is 4.55.